The molecule has 0 bridgehead atoms. The maximum absolute atomic E-state index is 13.2. The number of carbonyl (C=O) groups is 3. The van der Waals surface area contributed by atoms with E-state index in [1.54, 1.807) is 25.1 Å². The van der Waals surface area contributed by atoms with Crippen molar-refractivity contribution in [3.8, 4) is 11.5 Å². The minimum Gasteiger partial charge on any atom is -0.486 e. The first-order valence-electron chi connectivity index (χ1n) is 11.6. The van der Waals surface area contributed by atoms with Crippen LogP contribution < -0.4 is 20.1 Å². The number of nitrogens with zero attached hydrogens (tertiary/aromatic N) is 2. The molecule has 5 rings (SSSR count). The highest BCUT2D eigenvalue weighted by Crippen LogP contribution is 2.36. The number of nitrogens with one attached hydrogen (secondary N) is 2. The fraction of sp³-hybridized carbons (Fsp3) is 0.375. The van der Waals surface area contributed by atoms with Crippen LogP contribution in [0.5, 0.6) is 11.5 Å². The van der Waals surface area contributed by atoms with Crippen LogP contribution in [0.15, 0.2) is 47.4 Å². The van der Waals surface area contributed by atoms with Crippen LogP contribution in [-0.2, 0) is 25.2 Å². The van der Waals surface area contributed by atoms with Gasteiger partial charge in [0.2, 0.25) is 15.9 Å². The summed E-state index contributed by atoms with van der Waals surface area (Å²) in [5, 5.41) is 5.27. The molecule has 36 heavy (non-hydrogen) atoms. The van der Waals surface area contributed by atoms with Gasteiger partial charge in [0.1, 0.15) is 25.3 Å². The molecule has 0 unspecified atom stereocenters. The van der Waals surface area contributed by atoms with Gasteiger partial charge in [-0.1, -0.05) is 6.07 Å². The van der Waals surface area contributed by atoms with Gasteiger partial charge in [0.15, 0.2) is 11.5 Å². The van der Waals surface area contributed by atoms with E-state index < -0.39 is 40.0 Å². The average molecular weight is 515 g/mol. The maximum Gasteiger partial charge on any atom is 0.325 e. The molecule has 0 spiro atoms. The summed E-state index contributed by atoms with van der Waals surface area (Å²) in [6.07, 6.45) is 1.67. The zero-order chi connectivity index (χ0) is 25.5. The van der Waals surface area contributed by atoms with Crippen molar-refractivity contribution in [1.29, 1.82) is 0 Å². The van der Waals surface area contributed by atoms with Crippen LogP contribution in [0.25, 0.3) is 0 Å². The molecular weight excluding hydrogens is 488 g/mol. The summed E-state index contributed by atoms with van der Waals surface area (Å²) in [6.45, 7) is 2.87. The van der Waals surface area contributed by atoms with E-state index in [1.165, 1.54) is 28.6 Å². The number of urea groups is 1. The van der Waals surface area contributed by atoms with Gasteiger partial charge >= 0.3 is 6.03 Å². The lowest BCUT2D eigenvalue weighted by molar-refractivity contribution is -0.133. The van der Waals surface area contributed by atoms with Crippen LogP contribution in [0.3, 0.4) is 0 Å². The number of benzene rings is 2. The van der Waals surface area contributed by atoms with Crippen molar-refractivity contribution in [2.24, 2.45) is 0 Å². The predicted molar refractivity (Wildman–Crippen MR) is 128 cm³/mol. The molecule has 0 aromatic heterocycles. The van der Waals surface area contributed by atoms with E-state index in [0.29, 0.717) is 49.1 Å². The van der Waals surface area contributed by atoms with E-state index in [1.807, 2.05) is 0 Å². The van der Waals surface area contributed by atoms with E-state index in [-0.39, 0.29) is 4.90 Å². The zero-order valence-electron chi connectivity index (χ0n) is 19.7. The molecule has 3 aliphatic heterocycles. The number of anilines is 1. The second kappa shape index (κ2) is 9.10. The molecule has 0 saturated carbocycles. The van der Waals surface area contributed by atoms with Gasteiger partial charge < -0.3 is 20.1 Å². The first kappa shape index (κ1) is 24.1. The van der Waals surface area contributed by atoms with Gasteiger partial charge in [-0.15, -0.1) is 0 Å². The van der Waals surface area contributed by atoms with Crippen LogP contribution in [0.2, 0.25) is 0 Å². The summed E-state index contributed by atoms with van der Waals surface area (Å²) in [5.74, 6) is -0.138. The number of carbonyl (C=O) groups excluding carboxylic acids is 3. The van der Waals surface area contributed by atoms with Crippen molar-refractivity contribution in [2.75, 3.05) is 38.2 Å². The number of hydrogen-bond acceptors (Lipinski definition) is 7. The van der Waals surface area contributed by atoms with Gasteiger partial charge in [0, 0.05) is 18.8 Å². The molecule has 2 fully saturated rings. The first-order chi connectivity index (χ1) is 17.2. The fourth-order valence-electron chi connectivity index (χ4n) is 4.52. The van der Waals surface area contributed by atoms with E-state index >= 15 is 0 Å². The molecule has 190 valence electrons. The Balaban J connectivity index is 1.25. The summed E-state index contributed by atoms with van der Waals surface area (Å²) >= 11 is 0. The lowest BCUT2D eigenvalue weighted by atomic mass is 9.91. The zero-order valence-corrected chi connectivity index (χ0v) is 20.5. The topological polar surface area (TPSA) is 134 Å². The Morgan fingerprint density at radius 1 is 1.03 bits per heavy atom. The maximum atomic E-state index is 13.2. The second-order valence-electron chi connectivity index (χ2n) is 8.99. The molecule has 3 aliphatic rings. The number of fused-ring (bicyclic) bond motifs is 1. The van der Waals surface area contributed by atoms with E-state index in [9.17, 15) is 22.8 Å². The lowest BCUT2D eigenvalue weighted by Crippen LogP contribution is -2.42. The standard InChI is InChI=1S/C24H26N4O7S/c1-24(16-4-9-19-20(14-16)35-13-12-34-19)22(30)28(23(31)26-24)15-21(29)25-17-5-7-18(8-6-17)36(32,33)27-10-2-3-11-27/h4-9,14H,2-3,10-13,15H2,1H3,(H,25,29)(H,26,31)/t24-/m1/s1. The second-order valence-corrected chi connectivity index (χ2v) is 10.9. The number of hydrogen-bond donors (Lipinski definition) is 2. The van der Waals surface area contributed by atoms with Gasteiger partial charge in [-0.25, -0.2) is 13.2 Å². The molecule has 12 heteroatoms. The van der Waals surface area contributed by atoms with Crippen molar-refractivity contribution >= 4 is 33.6 Å². The number of sulfonamides is 1. The quantitative estimate of drug-likeness (QED) is 0.560. The number of imide groups is 1. The predicted octanol–water partition coefficient (Wildman–Crippen LogP) is 1.65. The molecule has 4 amide bonds. The fourth-order valence-corrected chi connectivity index (χ4v) is 6.04. The highest BCUT2D eigenvalue weighted by molar-refractivity contribution is 7.89. The number of ether oxygens (including phenoxy) is 2. The monoisotopic (exact) mass is 514 g/mol. The Bertz CT molecular complexity index is 1320. The van der Waals surface area contributed by atoms with Gasteiger partial charge in [0.25, 0.3) is 5.91 Å². The molecule has 0 radical (unpaired) electrons. The molecular formula is C24H26N4O7S. The third-order valence-electron chi connectivity index (χ3n) is 6.54. The summed E-state index contributed by atoms with van der Waals surface area (Å²) < 4.78 is 37.9. The highest BCUT2D eigenvalue weighted by Gasteiger charge is 2.49. The summed E-state index contributed by atoms with van der Waals surface area (Å²) in [6, 6.07) is 10.1. The van der Waals surface area contributed by atoms with Gasteiger partial charge in [-0.2, -0.15) is 4.31 Å². The van der Waals surface area contributed by atoms with Gasteiger partial charge in [0.05, 0.1) is 4.90 Å². The smallest absolute Gasteiger partial charge is 0.325 e. The molecule has 11 nitrogen and oxygen atoms in total. The van der Waals surface area contributed by atoms with Crippen LogP contribution in [-0.4, -0.2) is 68.3 Å². The SMILES string of the molecule is C[C@]1(c2ccc3c(c2)OCCO3)NC(=O)N(CC(=O)Nc2ccc(S(=O)(=O)N3CCCC3)cc2)C1=O. The lowest BCUT2D eigenvalue weighted by Gasteiger charge is -2.25. The van der Waals surface area contributed by atoms with Crippen LogP contribution >= 0.6 is 0 Å². The summed E-state index contributed by atoms with van der Waals surface area (Å²) in [4.78, 5) is 39.4. The number of rotatable bonds is 6. The van der Waals surface area contributed by atoms with Crippen molar-refractivity contribution in [1.82, 2.24) is 14.5 Å². The minimum atomic E-state index is -3.56. The van der Waals surface area contributed by atoms with Crippen molar-refractivity contribution in [3.63, 3.8) is 0 Å². The summed E-state index contributed by atoms with van der Waals surface area (Å²) in [5.41, 5.74) is -0.525. The molecule has 0 aliphatic carbocycles. The molecule has 2 aromatic rings. The Kier molecular flexibility index (Phi) is 6.08. The molecule has 2 N–H and O–H groups in total. The van der Waals surface area contributed by atoms with Gasteiger partial charge in [-0.3, -0.25) is 14.5 Å². The first-order valence-corrected chi connectivity index (χ1v) is 13.1. The van der Waals surface area contributed by atoms with E-state index in [4.69, 9.17) is 9.47 Å². The van der Waals surface area contributed by atoms with Gasteiger partial charge in [-0.05, 0) is 61.7 Å². The highest BCUT2D eigenvalue weighted by atomic mass is 32.2. The third-order valence-corrected chi connectivity index (χ3v) is 8.45. The Labute approximate surface area is 208 Å². The normalized spacial score (nSPS) is 22.0. The van der Waals surface area contributed by atoms with Crippen LogP contribution in [0.4, 0.5) is 10.5 Å². The van der Waals surface area contributed by atoms with Crippen molar-refractivity contribution in [2.45, 2.75) is 30.2 Å². The molecule has 2 aromatic carbocycles. The Morgan fingerprint density at radius 3 is 2.39 bits per heavy atom. The van der Waals surface area contributed by atoms with Crippen molar-refractivity contribution < 1.29 is 32.3 Å². The van der Waals surface area contributed by atoms with Crippen molar-refractivity contribution in [3.05, 3.63) is 48.0 Å². The molecule has 3 heterocycles. The Hall–Kier alpha value is -3.64. The van der Waals surface area contributed by atoms with Crippen LogP contribution in [0.1, 0.15) is 25.3 Å². The minimum absolute atomic E-state index is 0.145. The van der Waals surface area contributed by atoms with E-state index in [2.05, 4.69) is 10.6 Å². The van der Waals surface area contributed by atoms with Crippen LogP contribution in [0, 0.1) is 0 Å². The molecule has 2 saturated heterocycles. The summed E-state index contributed by atoms with van der Waals surface area (Å²) in [7, 11) is -3.56. The average Bonchev–Trinajstić information content (AvgIpc) is 3.49. The third kappa shape index (κ3) is 4.26. The largest absolute Gasteiger partial charge is 0.486 e. The Morgan fingerprint density at radius 2 is 1.69 bits per heavy atom. The van der Waals surface area contributed by atoms with E-state index in [0.717, 1.165) is 17.7 Å². The molecule has 1 atom stereocenters. The number of amides is 4.